The van der Waals surface area contributed by atoms with E-state index in [0.717, 1.165) is 0 Å². The Bertz CT molecular complexity index is 647. The lowest BCUT2D eigenvalue weighted by Gasteiger charge is -2.06. The van der Waals surface area contributed by atoms with E-state index in [9.17, 15) is 18.9 Å². The number of nitro benzene ring substituents is 1. The zero-order valence-electron chi connectivity index (χ0n) is 9.92. The van der Waals surface area contributed by atoms with Crippen LogP contribution in [0.5, 0.6) is 11.6 Å². The van der Waals surface area contributed by atoms with Crippen LogP contribution in [0.25, 0.3) is 0 Å². The molecular weight excluding hydrogens is 274 g/mol. The number of hydrogen-bond donors (Lipinski definition) is 1. The minimum atomic E-state index is -1.21. The first kappa shape index (κ1) is 13.8. The van der Waals surface area contributed by atoms with Crippen molar-refractivity contribution >= 4 is 5.69 Å². The largest absolute Gasteiger partial charge is 0.436 e. The lowest BCUT2D eigenvalue weighted by molar-refractivity contribution is -0.387. The van der Waals surface area contributed by atoms with Crippen molar-refractivity contribution in [3.63, 3.8) is 0 Å². The minimum Gasteiger partial charge on any atom is -0.436 e. The minimum absolute atomic E-state index is 0.0330. The van der Waals surface area contributed by atoms with Gasteiger partial charge in [0.05, 0.1) is 17.6 Å². The van der Waals surface area contributed by atoms with Gasteiger partial charge in [0.1, 0.15) is 0 Å². The van der Waals surface area contributed by atoms with Crippen molar-refractivity contribution in [1.82, 2.24) is 4.98 Å². The zero-order valence-corrected chi connectivity index (χ0v) is 9.92. The fourth-order valence-electron chi connectivity index (χ4n) is 1.41. The van der Waals surface area contributed by atoms with E-state index in [2.05, 4.69) is 4.98 Å². The van der Waals surface area contributed by atoms with Gasteiger partial charge in [-0.2, -0.15) is 4.39 Å². The van der Waals surface area contributed by atoms with E-state index in [4.69, 9.17) is 9.84 Å². The molecule has 1 N–H and O–H groups in total. The van der Waals surface area contributed by atoms with E-state index < -0.39 is 28.0 Å². The number of nitro groups is 1. The molecule has 0 amide bonds. The van der Waals surface area contributed by atoms with Gasteiger partial charge in [-0.1, -0.05) is 0 Å². The van der Waals surface area contributed by atoms with Crippen LogP contribution in [0, 0.1) is 21.7 Å². The molecule has 1 aromatic heterocycles. The Balaban J connectivity index is 2.29. The van der Waals surface area contributed by atoms with E-state index in [1.54, 1.807) is 0 Å². The van der Waals surface area contributed by atoms with Crippen LogP contribution in [0.3, 0.4) is 0 Å². The molecule has 2 rings (SSSR count). The Morgan fingerprint density at radius 2 is 2.05 bits per heavy atom. The molecule has 0 fully saturated rings. The Hall–Kier alpha value is -2.61. The molecule has 0 atom stereocenters. The molecule has 0 aliphatic heterocycles. The molecule has 6 nitrogen and oxygen atoms in total. The van der Waals surface area contributed by atoms with Gasteiger partial charge in [-0.15, -0.1) is 0 Å². The van der Waals surface area contributed by atoms with Gasteiger partial charge in [0.25, 0.3) is 0 Å². The first-order valence-electron chi connectivity index (χ1n) is 5.38. The number of aliphatic hydroxyl groups excluding tert-OH is 1. The van der Waals surface area contributed by atoms with Crippen LogP contribution in [0.2, 0.25) is 0 Å². The van der Waals surface area contributed by atoms with Gasteiger partial charge in [-0.3, -0.25) is 10.1 Å². The second kappa shape index (κ2) is 5.57. The zero-order chi connectivity index (χ0) is 14.7. The van der Waals surface area contributed by atoms with Crippen LogP contribution in [0.15, 0.2) is 30.5 Å². The quantitative estimate of drug-likeness (QED) is 0.688. The van der Waals surface area contributed by atoms with Crippen molar-refractivity contribution in [2.45, 2.75) is 6.61 Å². The van der Waals surface area contributed by atoms with Crippen molar-refractivity contribution in [2.24, 2.45) is 0 Å². The molecule has 0 radical (unpaired) electrons. The molecule has 1 aromatic carbocycles. The third-order valence-corrected chi connectivity index (χ3v) is 2.39. The van der Waals surface area contributed by atoms with Crippen LogP contribution in [0.4, 0.5) is 14.5 Å². The predicted molar refractivity (Wildman–Crippen MR) is 63.2 cm³/mol. The number of halogens is 2. The first-order chi connectivity index (χ1) is 9.51. The van der Waals surface area contributed by atoms with Crippen molar-refractivity contribution < 1.29 is 23.5 Å². The summed E-state index contributed by atoms with van der Waals surface area (Å²) in [4.78, 5) is 13.2. The van der Waals surface area contributed by atoms with Gasteiger partial charge >= 0.3 is 5.69 Å². The van der Waals surface area contributed by atoms with Gasteiger partial charge < -0.3 is 9.84 Å². The maximum absolute atomic E-state index is 13.6. The summed E-state index contributed by atoms with van der Waals surface area (Å²) in [6, 6.07) is 3.86. The van der Waals surface area contributed by atoms with Gasteiger partial charge in [-0.25, -0.2) is 9.37 Å². The molecule has 0 bridgehead atoms. The number of nitrogens with zero attached hydrogens (tertiary/aromatic N) is 2. The lowest BCUT2D eigenvalue weighted by Crippen LogP contribution is -1.97. The number of rotatable bonds is 4. The Morgan fingerprint density at radius 1 is 1.30 bits per heavy atom. The molecule has 20 heavy (non-hydrogen) atoms. The summed E-state index contributed by atoms with van der Waals surface area (Å²) in [5.74, 6) is -2.84. The molecule has 0 saturated carbocycles. The van der Waals surface area contributed by atoms with E-state index in [0.29, 0.717) is 17.7 Å². The molecule has 0 spiro atoms. The summed E-state index contributed by atoms with van der Waals surface area (Å²) in [5.41, 5.74) is -0.453. The number of benzene rings is 1. The molecule has 8 heteroatoms. The summed E-state index contributed by atoms with van der Waals surface area (Å²) in [6.07, 6.45) is 1.30. The summed E-state index contributed by atoms with van der Waals surface area (Å²) in [6.45, 7) is -0.214. The third-order valence-electron chi connectivity index (χ3n) is 2.39. The molecule has 1 heterocycles. The highest BCUT2D eigenvalue weighted by Crippen LogP contribution is 2.29. The molecule has 0 saturated heterocycles. The van der Waals surface area contributed by atoms with Crippen LogP contribution in [-0.2, 0) is 6.61 Å². The standard InChI is InChI=1S/C12H8F2N2O4/c13-8-4-11(9(14)3-10(8)16(18)19)20-12-2-1-7(6-17)5-15-12/h1-5,17H,6H2. The van der Waals surface area contributed by atoms with Crippen molar-refractivity contribution in [3.05, 3.63) is 57.8 Å². The maximum Gasteiger partial charge on any atom is 0.307 e. The van der Waals surface area contributed by atoms with Crippen molar-refractivity contribution in [3.8, 4) is 11.6 Å². The normalized spacial score (nSPS) is 10.3. The predicted octanol–water partition coefficient (Wildman–Crippen LogP) is 2.55. The molecule has 0 aliphatic carbocycles. The average Bonchev–Trinajstić information content (AvgIpc) is 2.43. The number of aliphatic hydroxyl groups is 1. The summed E-state index contributed by atoms with van der Waals surface area (Å²) in [7, 11) is 0. The molecule has 0 unspecified atom stereocenters. The molecule has 2 aromatic rings. The maximum atomic E-state index is 13.6. The van der Waals surface area contributed by atoms with Crippen molar-refractivity contribution in [1.29, 1.82) is 0 Å². The smallest absolute Gasteiger partial charge is 0.307 e. The van der Waals surface area contributed by atoms with E-state index in [1.807, 2.05) is 0 Å². The monoisotopic (exact) mass is 282 g/mol. The van der Waals surface area contributed by atoms with Crippen LogP contribution in [-0.4, -0.2) is 15.0 Å². The number of hydrogen-bond acceptors (Lipinski definition) is 5. The van der Waals surface area contributed by atoms with Crippen LogP contribution < -0.4 is 4.74 Å². The van der Waals surface area contributed by atoms with Gasteiger partial charge in [0.15, 0.2) is 11.6 Å². The van der Waals surface area contributed by atoms with Crippen LogP contribution >= 0.6 is 0 Å². The average molecular weight is 282 g/mol. The van der Waals surface area contributed by atoms with Gasteiger partial charge in [-0.05, 0) is 11.6 Å². The third kappa shape index (κ3) is 2.86. The van der Waals surface area contributed by atoms with Crippen LogP contribution in [0.1, 0.15) is 5.56 Å². The number of aromatic nitrogens is 1. The van der Waals surface area contributed by atoms with Crippen molar-refractivity contribution in [2.75, 3.05) is 0 Å². The van der Waals surface area contributed by atoms with E-state index in [-0.39, 0.29) is 12.5 Å². The lowest BCUT2D eigenvalue weighted by atomic mass is 10.2. The number of pyridine rings is 1. The Labute approximate surface area is 111 Å². The highest BCUT2D eigenvalue weighted by atomic mass is 19.1. The molecular formula is C12H8F2N2O4. The highest BCUT2D eigenvalue weighted by Gasteiger charge is 2.19. The summed E-state index contributed by atoms with van der Waals surface area (Å²) >= 11 is 0. The molecule has 104 valence electrons. The Kier molecular flexibility index (Phi) is 3.85. The van der Waals surface area contributed by atoms with Gasteiger partial charge in [0, 0.05) is 18.3 Å². The fraction of sp³-hybridized carbons (Fsp3) is 0.0833. The summed E-state index contributed by atoms with van der Waals surface area (Å²) < 4.78 is 31.9. The molecule has 0 aliphatic rings. The first-order valence-corrected chi connectivity index (χ1v) is 5.38. The Morgan fingerprint density at radius 3 is 2.60 bits per heavy atom. The topological polar surface area (TPSA) is 85.5 Å². The second-order valence-corrected chi connectivity index (χ2v) is 3.76. The highest BCUT2D eigenvalue weighted by molar-refractivity contribution is 5.40. The second-order valence-electron chi connectivity index (χ2n) is 3.76. The SMILES string of the molecule is O=[N+]([O-])c1cc(F)c(Oc2ccc(CO)cn2)cc1F. The fourth-order valence-corrected chi connectivity index (χ4v) is 1.41. The van der Waals surface area contributed by atoms with E-state index in [1.165, 1.54) is 18.3 Å². The number of ether oxygens (including phenoxy) is 1. The summed E-state index contributed by atoms with van der Waals surface area (Å²) in [5, 5.41) is 19.3. The van der Waals surface area contributed by atoms with E-state index >= 15 is 0 Å². The van der Waals surface area contributed by atoms with Gasteiger partial charge in [0.2, 0.25) is 11.7 Å².